The molecule has 0 aliphatic heterocycles. The Morgan fingerprint density at radius 2 is 2.50 bits per heavy atom. The number of hydrogen-bond donors (Lipinski definition) is 2. The zero-order chi connectivity index (χ0) is 6.20. The summed E-state index contributed by atoms with van der Waals surface area (Å²) in [5.41, 5.74) is -1.06. The molecule has 4 nitrogen and oxygen atoms in total. The van der Waals surface area contributed by atoms with Crippen LogP contribution in [0.4, 0.5) is 0 Å². The molecule has 46 valence electrons. The van der Waals surface area contributed by atoms with Gasteiger partial charge in [0.05, 0.1) is 6.10 Å². The van der Waals surface area contributed by atoms with Crippen LogP contribution in [0.15, 0.2) is 0 Å². The average Bonchev–Trinajstić information content (AvgIpc) is 2.43. The van der Waals surface area contributed by atoms with Crippen LogP contribution in [0.5, 0.6) is 0 Å². The van der Waals surface area contributed by atoms with Crippen LogP contribution in [-0.2, 0) is 9.63 Å². The molecule has 8 heavy (non-hydrogen) atoms. The zero-order valence-corrected chi connectivity index (χ0v) is 4.20. The SMILES string of the molecule is NOC1(C=O)C[C@@H]1O. The molecule has 1 aliphatic carbocycles. The number of carbonyl (C=O) groups is 1. The molecule has 0 aromatic carbocycles. The minimum absolute atomic E-state index is 0.326. The summed E-state index contributed by atoms with van der Waals surface area (Å²) in [5.74, 6) is 4.68. The Morgan fingerprint density at radius 3 is 2.50 bits per heavy atom. The number of aliphatic hydroxyl groups excluding tert-OH is 1. The Kier molecular flexibility index (Phi) is 1.07. The van der Waals surface area contributed by atoms with Crippen molar-refractivity contribution in [1.29, 1.82) is 0 Å². The van der Waals surface area contributed by atoms with Crippen molar-refractivity contribution in [2.45, 2.75) is 18.1 Å². The van der Waals surface area contributed by atoms with Gasteiger partial charge in [0.25, 0.3) is 0 Å². The van der Waals surface area contributed by atoms with E-state index in [4.69, 9.17) is 5.11 Å². The normalized spacial score (nSPS) is 44.0. The molecule has 1 rings (SSSR count). The largest absolute Gasteiger partial charge is 0.389 e. The summed E-state index contributed by atoms with van der Waals surface area (Å²) < 4.78 is 0. The molecule has 0 heterocycles. The lowest BCUT2D eigenvalue weighted by atomic mass is 10.4. The molecule has 0 saturated heterocycles. The lowest BCUT2D eigenvalue weighted by molar-refractivity contribution is -0.123. The maximum Gasteiger partial charge on any atom is 0.172 e. The first-order valence-corrected chi connectivity index (χ1v) is 2.27. The number of aliphatic hydroxyl groups is 1. The molecule has 0 spiro atoms. The average molecular weight is 117 g/mol. The molecule has 0 aromatic rings. The number of hydrogen-bond acceptors (Lipinski definition) is 4. The second kappa shape index (κ2) is 1.51. The van der Waals surface area contributed by atoms with Crippen LogP contribution in [0.1, 0.15) is 6.42 Å². The van der Waals surface area contributed by atoms with Crippen LogP contribution in [-0.4, -0.2) is 23.1 Å². The highest BCUT2D eigenvalue weighted by Crippen LogP contribution is 2.35. The van der Waals surface area contributed by atoms with Crippen LogP contribution >= 0.6 is 0 Å². The van der Waals surface area contributed by atoms with E-state index in [0.29, 0.717) is 12.7 Å². The Hall–Kier alpha value is -0.450. The molecule has 0 bridgehead atoms. The quantitative estimate of drug-likeness (QED) is 0.344. The Labute approximate surface area is 46.2 Å². The van der Waals surface area contributed by atoms with Gasteiger partial charge in [-0.15, -0.1) is 0 Å². The fourth-order valence-corrected chi connectivity index (χ4v) is 0.524. The number of carbonyl (C=O) groups excluding carboxylic acids is 1. The molecule has 4 heteroatoms. The van der Waals surface area contributed by atoms with Crippen LogP contribution in [0.2, 0.25) is 0 Å². The van der Waals surface area contributed by atoms with E-state index >= 15 is 0 Å². The summed E-state index contributed by atoms with van der Waals surface area (Å²) in [6, 6.07) is 0. The second-order valence-electron chi connectivity index (χ2n) is 1.91. The van der Waals surface area contributed by atoms with E-state index in [2.05, 4.69) is 10.7 Å². The van der Waals surface area contributed by atoms with E-state index in [0.717, 1.165) is 0 Å². The van der Waals surface area contributed by atoms with E-state index in [1.165, 1.54) is 0 Å². The van der Waals surface area contributed by atoms with Crippen molar-refractivity contribution in [1.82, 2.24) is 0 Å². The van der Waals surface area contributed by atoms with Crippen molar-refractivity contribution in [2.24, 2.45) is 5.90 Å². The summed E-state index contributed by atoms with van der Waals surface area (Å²) in [6.07, 6.45) is 0.162. The highest BCUT2D eigenvalue weighted by molar-refractivity contribution is 5.69. The highest BCUT2D eigenvalue weighted by atomic mass is 16.7. The van der Waals surface area contributed by atoms with E-state index in [1.54, 1.807) is 0 Å². The summed E-state index contributed by atoms with van der Waals surface area (Å²) in [4.78, 5) is 14.2. The highest BCUT2D eigenvalue weighted by Gasteiger charge is 2.55. The van der Waals surface area contributed by atoms with Gasteiger partial charge in [-0.25, -0.2) is 5.90 Å². The van der Waals surface area contributed by atoms with Gasteiger partial charge in [0, 0.05) is 6.42 Å². The van der Waals surface area contributed by atoms with E-state index in [1.807, 2.05) is 0 Å². The Balaban J connectivity index is 2.51. The second-order valence-corrected chi connectivity index (χ2v) is 1.91. The molecule has 1 unspecified atom stereocenters. The van der Waals surface area contributed by atoms with Gasteiger partial charge in [0.2, 0.25) is 0 Å². The predicted octanol–water partition coefficient (Wildman–Crippen LogP) is -1.42. The lowest BCUT2D eigenvalue weighted by Crippen LogP contribution is -2.24. The third-order valence-electron chi connectivity index (χ3n) is 1.34. The third-order valence-corrected chi connectivity index (χ3v) is 1.34. The van der Waals surface area contributed by atoms with Crippen molar-refractivity contribution in [3.63, 3.8) is 0 Å². The van der Waals surface area contributed by atoms with Gasteiger partial charge < -0.3 is 5.11 Å². The molecular weight excluding hydrogens is 110 g/mol. The molecule has 2 atom stereocenters. The van der Waals surface area contributed by atoms with Crippen LogP contribution in [0.3, 0.4) is 0 Å². The zero-order valence-electron chi connectivity index (χ0n) is 4.20. The molecule has 1 fully saturated rings. The molecule has 0 amide bonds. The lowest BCUT2D eigenvalue weighted by Gasteiger charge is -1.99. The number of aldehydes is 1. The van der Waals surface area contributed by atoms with Gasteiger partial charge in [-0.2, -0.15) is 0 Å². The number of rotatable bonds is 2. The van der Waals surface area contributed by atoms with E-state index in [9.17, 15) is 4.79 Å². The van der Waals surface area contributed by atoms with Crippen LogP contribution in [0.25, 0.3) is 0 Å². The molecular formula is C4H7NO3. The standard InChI is InChI=1S/C4H7NO3/c5-8-4(2-6)1-3(4)7/h2-3,7H,1,5H2/t3-,4?/m0/s1. The summed E-state index contributed by atoms with van der Waals surface area (Å²) in [6.45, 7) is 0. The van der Waals surface area contributed by atoms with E-state index in [-0.39, 0.29) is 0 Å². The number of nitrogens with two attached hydrogens (primary N) is 1. The maximum absolute atomic E-state index is 9.97. The maximum atomic E-state index is 9.97. The Bertz CT molecular complexity index is 112. The van der Waals surface area contributed by atoms with Crippen molar-refractivity contribution in [3.05, 3.63) is 0 Å². The first-order valence-electron chi connectivity index (χ1n) is 2.27. The van der Waals surface area contributed by atoms with Gasteiger partial charge in [0.15, 0.2) is 11.9 Å². The summed E-state index contributed by atoms with van der Waals surface area (Å²) >= 11 is 0. The van der Waals surface area contributed by atoms with Gasteiger partial charge in [-0.05, 0) is 0 Å². The predicted molar refractivity (Wildman–Crippen MR) is 24.7 cm³/mol. The molecule has 0 aromatic heterocycles. The first kappa shape index (κ1) is 5.68. The van der Waals surface area contributed by atoms with Crippen molar-refractivity contribution in [2.75, 3.05) is 0 Å². The van der Waals surface area contributed by atoms with Crippen molar-refractivity contribution in [3.8, 4) is 0 Å². The molecule has 1 aliphatic rings. The van der Waals surface area contributed by atoms with Gasteiger partial charge in [0.1, 0.15) is 0 Å². The fourth-order valence-electron chi connectivity index (χ4n) is 0.524. The van der Waals surface area contributed by atoms with Crippen LogP contribution in [0, 0.1) is 0 Å². The van der Waals surface area contributed by atoms with E-state index < -0.39 is 11.7 Å². The van der Waals surface area contributed by atoms with Gasteiger partial charge >= 0.3 is 0 Å². The first-order chi connectivity index (χ1) is 3.75. The molecule has 3 N–H and O–H groups in total. The summed E-state index contributed by atoms with van der Waals surface area (Å²) in [7, 11) is 0. The molecule has 1 saturated carbocycles. The minimum Gasteiger partial charge on any atom is -0.389 e. The Morgan fingerprint density at radius 1 is 2.00 bits per heavy atom. The minimum atomic E-state index is -1.06. The van der Waals surface area contributed by atoms with Crippen molar-refractivity contribution < 1.29 is 14.7 Å². The summed E-state index contributed by atoms with van der Waals surface area (Å²) in [5, 5.41) is 8.64. The monoisotopic (exact) mass is 117 g/mol. The fraction of sp³-hybridized carbons (Fsp3) is 0.750. The van der Waals surface area contributed by atoms with Crippen molar-refractivity contribution >= 4 is 6.29 Å². The van der Waals surface area contributed by atoms with Gasteiger partial charge in [-0.1, -0.05) is 0 Å². The topological polar surface area (TPSA) is 72.5 Å². The third kappa shape index (κ3) is 0.543. The van der Waals surface area contributed by atoms with Gasteiger partial charge in [-0.3, -0.25) is 9.63 Å². The van der Waals surface area contributed by atoms with Crippen LogP contribution < -0.4 is 5.90 Å². The molecule has 0 radical (unpaired) electrons. The smallest absolute Gasteiger partial charge is 0.172 e.